The van der Waals surface area contributed by atoms with Crippen LogP contribution < -0.4 is 0 Å². The molecule has 4 heteroatoms. The van der Waals surface area contributed by atoms with Crippen molar-refractivity contribution < 1.29 is 0 Å². The van der Waals surface area contributed by atoms with E-state index in [0.717, 1.165) is 0 Å². The average Bonchev–Trinajstić information content (AvgIpc) is 4.14. The van der Waals surface area contributed by atoms with Gasteiger partial charge in [-0.3, -0.25) is 0 Å². The fraction of sp³-hybridized carbons (Fsp3) is 0.138. The first kappa shape index (κ1) is 38.1. The summed E-state index contributed by atoms with van der Waals surface area (Å²) in [6.45, 7) is 13.2. The molecule has 6 aromatic carbocycles. The molecule has 0 aliphatic heterocycles. The molecule has 4 heterocycles. The van der Waals surface area contributed by atoms with Crippen molar-refractivity contribution in [3.63, 3.8) is 0 Å². The van der Waals surface area contributed by atoms with Crippen LogP contribution in [0.5, 0.6) is 0 Å². The maximum atomic E-state index is 2.65. The summed E-state index contributed by atoms with van der Waals surface area (Å²) in [4.78, 5) is 9.44. The predicted octanol–water partition coefficient (Wildman–Crippen LogP) is 17.0. The van der Waals surface area contributed by atoms with Crippen molar-refractivity contribution in [3.05, 3.63) is 234 Å². The third kappa shape index (κ3) is 5.40. The van der Waals surface area contributed by atoms with Crippen molar-refractivity contribution in [2.45, 2.75) is 52.4 Å². The van der Waals surface area contributed by atoms with Gasteiger partial charge in [0.15, 0.2) is 0 Å². The van der Waals surface area contributed by atoms with Crippen LogP contribution in [0.2, 0.25) is 0 Å². The van der Waals surface area contributed by atoms with Gasteiger partial charge < -0.3 is 0 Å². The molecule has 0 spiro atoms. The van der Waals surface area contributed by atoms with Crippen LogP contribution in [0.1, 0.15) is 76.5 Å². The van der Waals surface area contributed by atoms with E-state index in [4.69, 9.17) is 0 Å². The zero-order chi connectivity index (χ0) is 42.1. The Labute approximate surface area is 380 Å². The van der Waals surface area contributed by atoms with Crippen LogP contribution in [0.25, 0.3) is 51.2 Å². The van der Waals surface area contributed by atoms with E-state index in [1.807, 2.05) is 45.3 Å². The number of benzene rings is 6. The lowest BCUT2D eigenvalue weighted by Gasteiger charge is -2.36. The lowest BCUT2D eigenvalue weighted by Crippen LogP contribution is -2.30. The highest BCUT2D eigenvalue weighted by Gasteiger charge is 2.53. The summed E-state index contributed by atoms with van der Waals surface area (Å²) in [5.74, 6) is 0. The van der Waals surface area contributed by atoms with Gasteiger partial charge in [-0.2, -0.15) is 0 Å². The van der Waals surface area contributed by atoms with Crippen molar-refractivity contribution >= 4 is 55.4 Å². The third-order valence-electron chi connectivity index (χ3n) is 13.6. The summed E-state index contributed by atoms with van der Waals surface area (Å²) in [5.41, 5.74) is 18.8. The maximum absolute atomic E-state index is 2.65. The second-order valence-corrected chi connectivity index (χ2v) is 22.3. The van der Waals surface area contributed by atoms with Crippen LogP contribution in [0.4, 0.5) is 0 Å². The normalized spacial score (nSPS) is 14.2. The molecule has 2 aliphatic carbocycles. The van der Waals surface area contributed by atoms with Crippen LogP contribution in [-0.4, -0.2) is 0 Å². The summed E-state index contributed by atoms with van der Waals surface area (Å²) < 4.78 is 1.34. The molecule has 0 fully saturated rings. The Morgan fingerprint density at radius 3 is 1.31 bits per heavy atom. The number of fused-ring (bicyclic) bond motifs is 8. The van der Waals surface area contributed by atoms with Gasteiger partial charge >= 0.3 is 0 Å². The molecule has 0 saturated carbocycles. The van der Waals surface area contributed by atoms with E-state index in [1.54, 1.807) is 0 Å². The first-order valence-corrected chi connectivity index (χ1v) is 24.7. The average molecular weight is 869 g/mol. The number of thiophene rings is 4. The van der Waals surface area contributed by atoms with Crippen LogP contribution in [0.15, 0.2) is 158 Å². The molecule has 4 aromatic heterocycles. The quantitative estimate of drug-likeness (QED) is 0.156. The molecule has 10 aromatic rings. The Morgan fingerprint density at radius 1 is 0.339 bits per heavy atom. The lowest BCUT2D eigenvalue weighted by molar-refractivity contribution is 0.762. The molecule has 12 rings (SSSR count). The molecule has 62 heavy (non-hydrogen) atoms. The summed E-state index contributed by atoms with van der Waals surface area (Å²) in [6.07, 6.45) is 0. The number of hydrogen-bond acceptors (Lipinski definition) is 4. The Kier molecular flexibility index (Phi) is 8.56. The number of hydrogen-bond donors (Lipinski definition) is 0. The molecule has 300 valence electrons. The predicted molar refractivity (Wildman–Crippen MR) is 269 cm³/mol. The van der Waals surface area contributed by atoms with Gasteiger partial charge in [0.05, 0.1) is 10.8 Å². The Bertz CT molecular complexity index is 3290. The Balaban J connectivity index is 1.24. The molecule has 0 bridgehead atoms. The highest BCUT2D eigenvalue weighted by Crippen LogP contribution is 2.66. The highest BCUT2D eigenvalue weighted by atomic mass is 32.1. The minimum Gasteiger partial charge on any atom is -0.141 e. The van der Waals surface area contributed by atoms with Crippen LogP contribution in [-0.2, 0) is 10.8 Å². The van der Waals surface area contributed by atoms with E-state index >= 15 is 0 Å². The second kappa shape index (κ2) is 13.9. The van der Waals surface area contributed by atoms with Crippen LogP contribution in [0.3, 0.4) is 0 Å². The van der Waals surface area contributed by atoms with Gasteiger partial charge in [-0.25, -0.2) is 0 Å². The largest absolute Gasteiger partial charge is 0.141 e. The number of rotatable bonds is 6. The molecule has 0 radical (unpaired) electrons. The molecule has 0 amide bonds. The maximum Gasteiger partial charge on any atom is 0.0728 e. The zero-order valence-electron chi connectivity index (χ0n) is 35.6. The Morgan fingerprint density at radius 2 is 0.806 bits per heavy atom. The van der Waals surface area contributed by atoms with Gasteiger partial charge in [0.25, 0.3) is 0 Å². The molecule has 0 nitrogen and oxygen atoms in total. The first-order chi connectivity index (χ1) is 30.1. The summed E-state index contributed by atoms with van der Waals surface area (Å²) >= 11 is 7.73. The van der Waals surface area contributed by atoms with Gasteiger partial charge in [0.2, 0.25) is 0 Å². The van der Waals surface area contributed by atoms with Gasteiger partial charge in [-0.15, -0.1) is 45.3 Å². The van der Waals surface area contributed by atoms with E-state index in [1.165, 1.54) is 128 Å². The van der Waals surface area contributed by atoms with Crippen LogP contribution in [0, 0.1) is 41.5 Å². The Hall–Kier alpha value is -5.62. The minimum atomic E-state index is -0.537. The molecule has 0 N–H and O–H groups in total. The van der Waals surface area contributed by atoms with E-state index in [2.05, 4.69) is 199 Å². The van der Waals surface area contributed by atoms with Crippen LogP contribution >= 0.6 is 45.3 Å². The second-order valence-electron chi connectivity index (χ2n) is 17.6. The summed E-state index contributed by atoms with van der Waals surface area (Å²) in [6, 6.07) is 61.9. The van der Waals surface area contributed by atoms with Crippen molar-refractivity contribution in [1.29, 1.82) is 0 Å². The lowest BCUT2D eigenvalue weighted by atomic mass is 9.65. The van der Waals surface area contributed by atoms with Crippen molar-refractivity contribution in [2.24, 2.45) is 0 Å². The van der Waals surface area contributed by atoms with E-state index in [9.17, 15) is 0 Å². The third-order valence-corrected chi connectivity index (χ3v) is 18.2. The van der Waals surface area contributed by atoms with Crippen molar-refractivity contribution in [1.82, 2.24) is 0 Å². The SMILES string of the molecule is Cc1ccc(C2(c3ccc(C)cc3)c3cc4c(cc3-c3sc(-c5ccc(C)s5)cc32)C(c2ccc(C)cc2)(c2ccc(C)cc2)c2c-4sc3cc(-c4ccc(C)s4)ccc23)cc1. The standard InChI is InChI=1S/C58H44S4/c1-33-7-18-40(19-8-33)57(41-20-9-34(2)10-21-41)47-31-46-48(30-45(47)55-49(57)32-53(62-55)51-28-16-38(6)60-51)58(42-22-11-35(3)12-23-42,43-24-13-36(4)14-25-43)54-44-26-17-39(29-52(44)61-56(46)54)50-27-15-37(5)59-50/h7-32H,1-6H3. The first-order valence-electron chi connectivity index (χ1n) is 21.5. The fourth-order valence-corrected chi connectivity index (χ4v) is 15.0. The fourth-order valence-electron chi connectivity index (χ4n) is 10.6. The monoisotopic (exact) mass is 868 g/mol. The van der Waals surface area contributed by atoms with E-state index in [0.29, 0.717) is 0 Å². The van der Waals surface area contributed by atoms with Crippen molar-refractivity contribution in [2.75, 3.05) is 0 Å². The topological polar surface area (TPSA) is 0 Å². The van der Waals surface area contributed by atoms with Gasteiger partial charge in [-0.1, -0.05) is 131 Å². The molecule has 0 saturated heterocycles. The number of aryl methyl sites for hydroxylation is 6. The molecule has 2 aliphatic rings. The minimum absolute atomic E-state index is 0.512. The molecular formula is C58H44S4. The van der Waals surface area contributed by atoms with Crippen molar-refractivity contribution in [3.8, 4) is 41.1 Å². The molecule has 0 atom stereocenters. The van der Waals surface area contributed by atoms with Gasteiger partial charge in [-0.05, 0) is 157 Å². The van der Waals surface area contributed by atoms with Gasteiger partial charge in [0.1, 0.15) is 0 Å². The van der Waals surface area contributed by atoms with E-state index in [-0.39, 0.29) is 0 Å². The smallest absolute Gasteiger partial charge is 0.0728 e. The zero-order valence-corrected chi connectivity index (χ0v) is 38.9. The summed E-state index contributed by atoms with van der Waals surface area (Å²) in [5, 5.41) is 1.34. The highest BCUT2D eigenvalue weighted by molar-refractivity contribution is 7.24. The molecule has 0 unspecified atom stereocenters. The van der Waals surface area contributed by atoms with Gasteiger partial charge in [0, 0.05) is 38.8 Å². The van der Waals surface area contributed by atoms with E-state index < -0.39 is 10.8 Å². The summed E-state index contributed by atoms with van der Waals surface area (Å²) in [7, 11) is 0. The molecular weight excluding hydrogens is 825 g/mol.